The molecule has 1 amide bonds. The van der Waals surface area contributed by atoms with E-state index in [0.29, 0.717) is 33.3 Å². The van der Waals surface area contributed by atoms with Gasteiger partial charge in [0.05, 0.1) is 30.6 Å². The number of halogens is 3. The summed E-state index contributed by atoms with van der Waals surface area (Å²) < 4.78 is 84.3. The standard InChI is InChI=1S/C35H36F3N3O8S2/c1-17(2)46-23-12-19(32(42)41-51-34(3)10-11-34)13-26-28(23)39-33(50-26)47-25-16-45-30-24(15-44-31(25)30)43-14-21-27(40-49-29(21)18-8-9-18)20-6-4-5-7-22(20)48-35(36,37)38/h4-7,12-13,17-18,24-25,30-31H,8-11,14-16H2,1-3H3,(H,41,42)/t24?,25?,30-,31-/m1/s1. The molecule has 51 heavy (non-hydrogen) atoms. The minimum absolute atomic E-state index is 0.0291. The van der Waals surface area contributed by atoms with Gasteiger partial charge in [-0.15, -0.1) is 13.2 Å². The summed E-state index contributed by atoms with van der Waals surface area (Å²) in [5, 5.41) is 4.55. The van der Waals surface area contributed by atoms with Crippen LogP contribution in [0.25, 0.3) is 21.5 Å². The molecule has 4 atom stereocenters. The van der Waals surface area contributed by atoms with E-state index in [0.717, 1.165) is 30.4 Å². The first-order chi connectivity index (χ1) is 24.4. The van der Waals surface area contributed by atoms with Gasteiger partial charge in [0.15, 0.2) is 6.10 Å². The van der Waals surface area contributed by atoms with Gasteiger partial charge in [-0.05, 0) is 82.7 Å². The Morgan fingerprint density at radius 2 is 1.84 bits per heavy atom. The van der Waals surface area contributed by atoms with Crippen LogP contribution in [-0.2, 0) is 20.8 Å². The van der Waals surface area contributed by atoms with E-state index in [1.54, 1.807) is 18.2 Å². The number of thiazole rings is 1. The second-order valence-electron chi connectivity index (χ2n) is 13.7. The number of aromatic nitrogens is 2. The summed E-state index contributed by atoms with van der Waals surface area (Å²) in [7, 11) is 0. The molecule has 4 aliphatic rings. The van der Waals surface area contributed by atoms with Gasteiger partial charge in [0.1, 0.15) is 46.8 Å². The summed E-state index contributed by atoms with van der Waals surface area (Å²) in [6.07, 6.45) is -2.91. The van der Waals surface area contributed by atoms with Gasteiger partial charge in [0, 0.05) is 27.4 Å². The molecule has 272 valence electrons. The minimum Gasteiger partial charge on any atom is -0.489 e. The monoisotopic (exact) mass is 747 g/mol. The quantitative estimate of drug-likeness (QED) is 0.136. The highest BCUT2D eigenvalue weighted by Crippen LogP contribution is 2.47. The molecule has 2 saturated heterocycles. The van der Waals surface area contributed by atoms with E-state index >= 15 is 0 Å². The number of nitrogens with one attached hydrogen (secondary N) is 1. The van der Waals surface area contributed by atoms with E-state index in [1.165, 1.54) is 41.5 Å². The number of fused-ring (bicyclic) bond motifs is 2. The van der Waals surface area contributed by atoms with Gasteiger partial charge >= 0.3 is 6.36 Å². The lowest BCUT2D eigenvalue weighted by Crippen LogP contribution is -2.35. The summed E-state index contributed by atoms with van der Waals surface area (Å²) in [4.78, 5) is 17.8. The minimum atomic E-state index is -4.87. The molecule has 2 aromatic heterocycles. The van der Waals surface area contributed by atoms with E-state index in [2.05, 4.69) is 21.5 Å². The third-order valence-electron chi connectivity index (χ3n) is 9.20. The highest BCUT2D eigenvalue weighted by Gasteiger charge is 2.50. The highest BCUT2D eigenvalue weighted by atomic mass is 32.2. The molecular weight excluding hydrogens is 712 g/mol. The van der Waals surface area contributed by atoms with Crippen molar-refractivity contribution in [3.8, 4) is 28.0 Å². The van der Waals surface area contributed by atoms with E-state index in [1.807, 2.05) is 13.8 Å². The zero-order valence-electron chi connectivity index (χ0n) is 28.0. The number of hydrogen-bond donors (Lipinski definition) is 1. The normalized spacial score (nSPS) is 23.8. The molecule has 4 heterocycles. The van der Waals surface area contributed by atoms with Crippen molar-refractivity contribution >= 4 is 39.4 Å². The van der Waals surface area contributed by atoms with E-state index in [9.17, 15) is 18.0 Å². The fourth-order valence-electron chi connectivity index (χ4n) is 6.22. The van der Waals surface area contributed by atoms with Crippen LogP contribution in [0.5, 0.6) is 16.7 Å². The molecule has 0 radical (unpaired) electrons. The second kappa shape index (κ2) is 13.4. The van der Waals surface area contributed by atoms with Crippen LogP contribution in [0, 0.1) is 0 Å². The Bertz CT molecular complexity index is 1930. The van der Waals surface area contributed by atoms with Crippen molar-refractivity contribution in [3.05, 3.63) is 53.3 Å². The zero-order chi connectivity index (χ0) is 35.5. The van der Waals surface area contributed by atoms with Crippen LogP contribution in [0.15, 0.2) is 40.9 Å². The predicted molar refractivity (Wildman–Crippen MR) is 181 cm³/mol. The number of rotatable bonds is 13. The average Bonchev–Trinajstić information content (AvgIpc) is 3.82. The maximum atomic E-state index is 13.2. The molecule has 2 aliphatic heterocycles. The van der Waals surface area contributed by atoms with Gasteiger partial charge in [0.2, 0.25) is 0 Å². The number of carbonyl (C=O) groups excluding carboxylic acids is 1. The molecule has 16 heteroatoms. The molecule has 8 rings (SSSR count). The average molecular weight is 748 g/mol. The van der Waals surface area contributed by atoms with Crippen LogP contribution >= 0.6 is 23.3 Å². The van der Waals surface area contributed by atoms with Gasteiger partial charge in [-0.25, -0.2) is 0 Å². The second-order valence-corrected chi connectivity index (χ2v) is 16.1. The van der Waals surface area contributed by atoms with Gasteiger partial charge in [-0.3, -0.25) is 9.52 Å². The Labute approximate surface area is 299 Å². The maximum absolute atomic E-state index is 13.2. The Balaban J connectivity index is 0.959. The van der Waals surface area contributed by atoms with E-state index in [-0.39, 0.29) is 59.5 Å². The molecule has 4 fully saturated rings. The van der Waals surface area contributed by atoms with Crippen molar-refractivity contribution < 1.29 is 50.9 Å². The van der Waals surface area contributed by atoms with Crippen LogP contribution in [-0.4, -0.2) is 70.9 Å². The first kappa shape index (κ1) is 34.5. The molecule has 0 bridgehead atoms. The van der Waals surface area contributed by atoms with Crippen molar-refractivity contribution in [1.29, 1.82) is 0 Å². The third kappa shape index (κ3) is 7.52. The summed E-state index contributed by atoms with van der Waals surface area (Å²) in [6, 6.07) is 9.35. The van der Waals surface area contributed by atoms with Crippen LogP contribution < -0.4 is 18.9 Å². The third-order valence-corrected chi connectivity index (χ3v) is 11.3. The van der Waals surface area contributed by atoms with Crippen LogP contribution in [0.4, 0.5) is 13.2 Å². The molecule has 2 aliphatic carbocycles. The molecule has 11 nitrogen and oxygen atoms in total. The lowest BCUT2D eigenvalue weighted by atomic mass is 10.0. The van der Waals surface area contributed by atoms with Crippen LogP contribution in [0.2, 0.25) is 0 Å². The summed E-state index contributed by atoms with van der Waals surface area (Å²) >= 11 is 2.76. The fourth-order valence-corrected chi connectivity index (χ4v) is 7.91. The van der Waals surface area contributed by atoms with E-state index in [4.69, 9.17) is 33.2 Å². The summed E-state index contributed by atoms with van der Waals surface area (Å²) in [5.41, 5.74) is 2.06. The molecule has 1 N–H and O–H groups in total. The first-order valence-electron chi connectivity index (χ1n) is 16.9. The van der Waals surface area contributed by atoms with E-state index < -0.39 is 30.8 Å². The number of alkyl halides is 3. The molecule has 2 saturated carbocycles. The molecule has 0 spiro atoms. The Morgan fingerprint density at radius 1 is 1.10 bits per heavy atom. The SMILES string of the molecule is CC(C)Oc1cc(C(=O)NSC2(C)CC2)cc2sc(OC3CO[C@@H]4C(OCc5c(-c6ccccc6OC(F)(F)F)noc5C5CC5)CO[C@H]34)nc12. The number of ether oxygens (including phenoxy) is 6. The van der Waals surface area contributed by atoms with Gasteiger partial charge in [-0.2, -0.15) is 4.98 Å². The molecule has 2 unspecified atom stereocenters. The topological polar surface area (TPSA) is 123 Å². The van der Waals surface area contributed by atoms with Gasteiger partial charge in [0.25, 0.3) is 11.1 Å². The first-order valence-corrected chi connectivity index (χ1v) is 18.5. The highest BCUT2D eigenvalue weighted by molar-refractivity contribution is 7.99. The van der Waals surface area contributed by atoms with Crippen LogP contribution in [0.1, 0.15) is 74.1 Å². The summed E-state index contributed by atoms with van der Waals surface area (Å²) in [6.45, 7) is 6.44. The number of carbonyl (C=O) groups is 1. The predicted octanol–water partition coefficient (Wildman–Crippen LogP) is 7.58. The Kier molecular flexibility index (Phi) is 9.10. The molecular formula is C35H36F3N3O8S2. The van der Waals surface area contributed by atoms with Crippen molar-refractivity contribution in [2.24, 2.45) is 0 Å². The van der Waals surface area contributed by atoms with Crippen LogP contribution in [0.3, 0.4) is 0 Å². The number of benzene rings is 2. The largest absolute Gasteiger partial charge is 0.573 e. The Morgan fingerprint density at radius 3 is 2.57 bits per heavy atom. The number of amides is 1. The Hall–Kier alpha value is -3.57. The fraction of sp³-hybridized carbons (Fsp3) is 0.514. The van der Waals surface area contributed by atoms with Gasteiger partial charge < -0.3 is 32.9 Å². The van der Waals surface area contributed by atoms with Crippen molar-refractivity contribution in [2.45, 2.75) is 101 Å². The van der Waals surface area contributed by atoms with Crippen molar-refractivity contribution in [2.75, 3.05) is 13.2 Å². The number of nitrogens with zero attached hydrogens (tertiary/aromatic N) is 2. The molecule has 2 aromatic carbocycles. The maximum Gasteiger partial charge on any atom is 0.573 e. The smallest absolute Gasteiger partial charge is 0.489 e. The zero-order valence-corrected chi connectivity index (χ0v) is 29.6. The van der Waals surface area contributed by atoms with Gasteiger partial charge in [-0.1, -0.05) is 28.6 Å². The number of para-hydroxylation sites is 1. The number of hydrogen-bond acceptors (Lipinski definition) is 12. The van der Waals surface area contributed by atoms with Crippen molar-refractivity contribution in [3.63, 3.8) is 0 Å². The summed E-state index contributed by atoms with van der Waals surface area (Å²) in [5.74, 6) is 0.662. The van der Waals surface area contributed by atoms with Crippen molar-refractivity contribution in [1.82, 2.24) is 14.9 Å². The lowest BCUT2D eigenvalue weighted by molar-refractivity contribution is -0.274. The lowest BCUT2D eigenvalue weighted by Gasteiger charge is -2.18. The molecule has 4 aromatic rings.